The van der Waals surface area contributed by atoms with Crippen LogP contribution >= 0.6 is 0 Å². The summed E-state index contributed by atoms with van der Waals surface area (Å²) in [5.41, 5.74) is 0.105. The van der Waals surface area contributed by atoms with Crippen molar-refractivity contribution in [3.63, 3.8) is 0 Å². The molecule has 2 aromatic rings. The van der Waals surface area contributed by atoms with Crippen molar-refractivity contribution in [3.05, 3.63) is 53.6 Å². The van der Waals surface area contributed by atoms with Crippen molar-refractivity contribution >= 4 is 25.2 Å². The van der Waals surface area contributed by atoms with Gasteiger partial charge in [0.2, 0.25) is 0 Å². The summed E-state index contributed by atoms with van der Waals surface area (Å²) in [4.78, 5) is 3.84. The van der Waals surface area contributed by atoms with E-state index in [2.05, 4.69) is 24.6 Å². The predicted molar refractivity (Wildman–Crippen MR) is 84.7 cm³/mol. The Morgan fingerprint density at radius 2 is 1.57 bits per heavy atom. The van der Waals surface area contributed by atoms with Gasteiger partial charge in [-0.05, 0) is 23.4 Å². The van der Waals surface area contributed by atoms with E-state index in [1.807, 2.05) is 12.1 Å². The molecule has 110 valence electrons. The van der Waals surface area contributed by atoms with E-state index in [0.29, 0.717) is 5.56 Å². The number of rotatable bonds is 3. The number of aromatic hydroxyl groups is 1. The lowest BCUT2D eigenvalue weighted by atomic mass is 10.2. The largest absolute Gasteiger partial charge is 0.507 e. The molecule has 0 heterocycles. The molecule has 0 aliphatic carbocycles. The van der Waals surface area contributed by atoms with Crippen molar-refractivity contribution < 1.29 is 13.9 Å². The number of hydrogen-bond acceptors (Lipinski definition) is 2. The smallest absolute Gasteiger partial charge is 0.151 e. The van der Waals surface area contributed by atoms with Crippen LogP contribution in [0.4, 0.5) is 14.5 Å². The van der Waals surface area contributed by atoms with Gasteiger partial charge in [0.05, 0.1) is 8.07 Å². The van der Waals surface area contributed by atoms with Crippen molar-refractivity contribution in [1.29, 1.82) is 0 Å². The van der Waals surface area contributed by atoms with Gasteiger partial charge in [0.25, 0.3) is 0 Å². The van der Waals surface area contributed by atoms with Gasteiger partial charge in [-0.1, -0.05) is 37.8 Å². The summed E-state index contributed by atoms with van der Waals surface area (Å²) in [5.74, 6) is -1.32. The molecule has 5 heteroatoms. The first-order chi connectivity index (χ1) is 9.80. The normalized spacial score (nSPS) is 12.0. The number of hydrogen-bond donors (Lipinski definition) is 1. The van der Waals surface area contributed by atoms with Crippen molar-refractivity contribution in [3.8, 4) is 5.75 Å². The fourth-order valence-electron chi connectivity index (χ4n) is 2.02. The highest BCUT2D eigenvalue weighted by Gasteiger charge is 2.21. The summed E-state index contributed by atoms with van der Waals surface area (Å²) in [7, 11) is -1.70. The Labute approximate surface area is 123 Å². The Hall–Kier alpha value is -2.01. The highest BCUT2D eigenvalue weighted by atomic mass is 28.3. The van der Waals surface area contributed by atoms with Crippen LogP contribution in [0.25, 0.3) is 0 Å². The maximum absolute atomic E-state index is 13.5. The number of halogens is 2. The molecule has 0 saturated heterocycles. The molecule has 0 unspecified atom stereocenters. The molecule has 2 nitrogen and oxygen atoms in total. The summed E-state index contributed by atoms with van der Waals surface area (Å²) in [5, 5.41) is 11.2. The van der Waals surface area contributed by atoms with E-state index in [-0.39, 0.29) is 11.4 Å². The van der Waals surface area contributed by atoms with Gasteiger partial charge < -0.3 is 5.11 Å². The number of para-hydroxylation sites is 2. The van der Waals surface area contributed by atoms with Gasteiger partial charge in [0.15, 0.2) is 11.6 Å². The molecule has 0 spiro atoms. The van der Waals surface area contributed by atoms with Crippen molar-refractivity contribution in [2.24, 2.45) is 4.99 Å². The summed E-state index contributed by atoms with van der Waals surface area (Å²) in [6.45, 7) is 6.33. The second-order valence-corrected chi connectivity index (χ2v) is 10.9. The van der Waals surface area contributed by atoms with E-state index >= 15 is 0 Å². The molecule has 0 aliphatic heterocycles. The molecule has 1 N–H and O–H groups in total. The zero-order valence-corrected chi connectivity index (χ0v) is 13.2. The third-order valence-corrected chi connectivity index (χ3v) is 5.17. The molecule has 2 rings (SSSR count). The molecule has 0 atom stereocenters. The van der Waals surface area contributed by atoms with Gasteiger partial charge in [-0.2, -0.15) is 0 Å². The first-order valence-electron chi connectivity index (χ1n) is 6.61. The fourth-order valence-corrected chi connectivity index (χ4v) is 3.47. The Morgan fingerprint density at radius 3 is 2.14 bits per heavy atom. The van der Waals surface area contributed by atoms with E-state index in [4.69, 9.17) is 0 Å². The van der Waals surface area contributed by atoms with Crippen LogP contribution < -0.4 is 5.19 Å². The van der Waals surface area contributed by atoms with Gasteiger partial charge in [0.1, 0.15) is 11.4 Å². The quantitative estimate of drug-likeness (QED) is 0.675. The van der Waals surface area contributed by atoms with Crippen molar-refractivity contribution in [2.75, 3.05) is 0 Å². The van der Waals surface area contributed by atoms with E-state index in [9.17, 15) is 13.9 Å². The molecule has 0 saturated carbocycles. The highest BCUT2D eigenvalue weighted by molar-refractivity contribution is 6.89. The minimum atomic E-state index is -1.70. The van der Waals surface area contributed by atoms with Crippen LogP contribution in [0, 0.1) is 11.6 Å². The van der Waals surface area contributed by atoms with Crippen LogP contribution in [0.5, 0.6) is 5.75 Å². The molecule has 0 fully saturated rings. The lowest BCUT2D eigenvalue weighted by Gasteiger charge is -2.18. The second kappa shape index (κ2) is 5.77. The maximum Gasteiger partial charge on any atom is 0.151 e. The zero-order chi connectivity index (χ0) is 15.6. The standard InChI is InChI=1S/C16H17F2NOSi/c1-21(2,3)14-9-4-6-11(16(14)20)10-19-15-12(17)7-5-8-13(15)18/h4-10,20H,1-3H3. The van der Waals surface area contributed by atoms with Gasteiger partial charge in [-0.15, -0.1) is 0 Å². The topological polar surface area (TPSA) is 32.6 Å². The molecule has 0 bridgehead atoms. The minimum absolute atomic E-state index is 0.136. The van der Waals surface area contributed by atoms with E-state index in [0.717, 1.165) is 17.3 Å². The zero-order valence-electron chi connectivity index (χ0n) is 12.2. The van der Waals surface area contributed by atoms with Crippen LogP contribution in [-0.4, -0.2) is 19.4 Å². The molecule has 0 radical (unpaired) electrons. The Balaban J connectivity index is 2.43. The highest BCUT2D eigenvalue weighted by Crippen LogP contribution is 2.23. The number of nitrogens with zero attached hydrogens (tertiary/aromatic N) is 1. The number of aliphatic imine (C=N–C) groups is 1. The molecular weight excluding hydrogens is 288 g/mol. The molecule has 0 aliphatic rings. The maximum atomic E-state index is 13.5. The van der Waals surface area contributed by atoms with Crippen LogP contribution in [-0.2, 0) is 0 Å². The number of phenols is 1. The molecule has 0 amide bonds. The fraction of sp³-hybridized carbons (Fsp3) is 0.188. The van der Waals surface area contributed by atoms with Crippen molar-refractivity contribution in [2.45, 2.75) is 19.6 Å². The van der Waals surface area contributed by atoms with Crippen LogP contribution in [0.1, 0.15) is 5.56 Å². The first-order valence-corrected chi connectivity index (χ1v) is 10.1. The predicted octanol–water partition coefficient (Wildman–Crippen LogP) is 3.97. The lowest BCUT2D eigenvalue weighted by molar-refractivity contribution is 0.478. The summed E-state index contributed by atoms with van der Waals surface area (Å²) in [6.07, 6.45) is 1.29. The van der Waals surface area contributed by atoms with Crippen LogP contribution in [0.3, 0.4) is 0 Å². The Bertz CT molecular complexity index is 673. The molecule has 2 aromatic carbocycles. The number of phenolic OH excluding ortho intramolecular Hbond substituents is 1. The molecule has 21 heavy (non-hydrogen) atoms. The average Bonchev–Trinajstić information content (AvgIpc) is 2.38. The van der Waals surface area contributed by atoms with Gasteiger partial charge in [0, 0.05) is 11.8 Å². The minimum Gasteiger partial charge on any atom is -0.507 e. The van der Waals surface area contributed by atoms with Crippen LogP contribution in [0.2, 0.25) is 19.6 Å². The lowest BCUT2D eigenvalue weighted by Crippen LogP contribution is -2.37. The monoisotopic (exact) mass is 305 g/mol. The summed E-state index contributed by atoms with van der Waals surface area (Å²) < 4.78 is 27.0. The first kappa shape index (κ1) is 15.4. The summed E-state index contributed by atoms with van der Waals surface area (Å²) in [6, 6.07) is 8.94. The Kier molecular flexibility index (Phi) is 4.23. The van der Waals surface area contributed by atoms with Gasteiger partial charge in [-0.25, -0.2) is 13.8 Å². The third kappa shape index (κ3) is 3.36. The number of benzene rings is 2. The van der Waals surface area contributed by atoms with E-state index in [1.54, 1.807) is 6.07 Å². The third-order valence-electron chi connectivity index (χ3n) is 3.15. The molecule has 0 aromatic heterocycles. The second-order valence-electron chi connectivity index (χ2n) is 5.82. The van der Waals surface area contributed by atoms with E-state index in [1.165, 1.54) is 12.3 Å². The molecular formula is C16H17F2NOSi. The average molecular weight is 305 g/mol. The van der Waals surface area contributed by atoms with Gasteiger partial charge >= 0.3 is 0 Å². The SMILES string of the molecule is C[Si](C)(C)c1cccc(C=Nc2c(F)cccc2F)c1O. The van der Waals surface area contributed by atoms with Gasteiger partial charge in [-0.3, -0.25) is 0 Å². The Morgan fingerprint density at radius 1 is 1.00 bits per heavy atom. The van der Waals surface area contributed by atoms with E-state index < -0.39 is 19.7 Å². The van der Waals surface area contributed by atoms with Crippen LogP contribution in [0.15, 0.2) is 41.4 Å². The summed E-state index contributed by atoms with van der Waals surface area (Å²) >= 11 is 0. The van der Waals surface area contributed by atoms with Crippen molar-refractivity contribution in [1.82, 2.24) is 0 Å².